The first-order valence-corrected chi connectivity index (χ1v) is 4.75. The number of amides is 1. The van der Waals surface area contributed by atoms with Crippen molar-refractivity contribution in [2.45, 2.75) is 18.4 Å². The normalized spacial score (nSPS) is 22.8. The average Bonchev–Trinajstić information content (AvgIpc) is 2.51. The monoisotopic (exact) mass is 222 g/mol. The van der Waals surface area contributed by atoms with Gasteiger partial charge in [-0.25, -0.2) is 0 Å². The van der Waals surface area contributed by atoms with E-state index in [0.29, 0.717) is 12.0 Å². The summed E-state index contributed by atoms with van der Waals surface area (Å²) in [5.74, 6) is -1.50. The van der Waals surface area contributed by atoms with Crippen molar-refractivity contribution in [3.63, 3.8) is 0 Å². The zero-order chi connectivity index (χ0) is 11.9. The Balaban J connectivity index is 2.50. The number of rotatable bonds is 2. The molecule has 0 saturated heterocycles. The van der Waals surface area contributed by atoms with Gasteiger partial charge in [-0.3, -0.25) is 14.9 Å². The van der Waals surface area contributed by atoms with Crippen LogP contribution in [0.15, 0.2) is 18.2 Å². The fourth-order valence-corrected chi connectivity index (χ4v) is 2.06. The molecule has 84 valence electrons. The molecule has 0 aromatic heterocycles. The molecule has 2 atom stereocenters. The molecule has 1 aliphatic carbocycles. The van der Waals surface area contributed by atoms with Crippen molar-refractivity contribution in [1.82, 2.24) is 0 Å². The van der Waals surface area contributed by atoms with E-state index in [9.17, 15) is 20.0 Å². The Hall–Kier alpha value is -1.95. The number of primary amides is 1. The van der Waals surface area contributed by atoms with Crippen LogP contribution in [0.5, 0.6) is 0 Å². The molecule has 1 aromatic carbocycles. The Bertz CT molecular complexity index is 472. The number of non-ortho nitro benzene ring substituents is 1. The molecular weight excluding hydrogens is 212 g/mol. The van der Waals surface area contributed by atoms with E-state index in [1.165, 1.54) is 12.1 Å². The van der Waals surface area contributed by atoms with Gasteiger partial charge in [0.2, 0.25) is 5.91 Å². The Kier molecular flexibility index (Phi) is 2.35. The lowest BCUT2D eigenvalue weighted by Gasteiger charge is -2.10. The van der Waals surface area contributed by atoms with E-state index in [1.807, 2.05) is 0 Å². The summed E-state index contributed by atoms with van der Waals surface area (Å²) < 4.78 is 0. The third-order valence-corrected chi connectivity index (χ3v) is 2.80. The molecule has 0 heterocycles. The Morgan fingerprint density at radius 3 is 2.81 bits per heavy atom. The van der Waals surface area contributed by atoms with Crippen molar-refractivity contribution in [3.05, 3.63) is 39.4 Å². The number of nitrogens with zero attached hydrogens (tertiary/aromatic N) is 1. The van der Waals surface area contributed by atoms with Gasteiger partial charge in [-0.05, 0) is 17.5 Å². The average molecular weight is 222 g/mol. The quantitative estimate of drug-likeness (QED) is 0.545. The summed E-state index contributed by atoms with van der Waals surface area (Å²) in [5, 5.41) is 20.2. The lowest BCUT2D eigenvalue weighted by molar-refractivity contribution is -0.384. The first-order valence-electron chi connectivity index (χ1n) is 4.75. The van der Waals surface area contributed by atoms with Gasteiger partial charge >= 0.3 is 0 Å². The maximum atomic E-state index is 11.1. The minimum Gasteiger partial charge on any atom is -0.392 e. The number of nitro benzene ring substituents is 1. The van der Waals surface area contributed by atoms with Crippen molar-refractivity contribution in [3.8, 4) is 0 Å². The topological polar surface area (TPSA) is 106 Å². The van der Waals surface area contributed by atoms with Crippen LogP contribution < -0.4 is 5.73 Å². The maximum Gasteiger partial charge on any atom is 0.269 e. The smallest absolute Gasteiger partial charge is 0.269 e. The first-order chi connectivity index (χ1) is 7.50. The predicted octanol–water partition coefficient (Wildman–Crippen LogP) is 0.0807. The number of aliphatic hydroxyl groups is 1. The summed E-state index contributed by atoms with van der Waals surface area (Å²) >= 11 is 0. The van der Waals surface area contributed by atoms with Crippen LogP contribution in [0.3, 0.4) is 0 Å². The minimum atomic E-state index is -0.880. The van der Waals surface area contributed by atoms with Gasteiger partial charge in [0.1, 0.15) is 0 Å². The van der Waals surface area contributed by atoms with Gasteiger partial charge in [-0.15, -0.1) is 0 Å². The molecule has 0 aliphatic heterocycles. The van der Waals surface area contributed by atoms with Crippen LogP contribution in [0.25, 0.3) is 0 Å². The number of aliphatic hydroxyl groups excluding tert-OH is 1. The predicted molar refractivity (Wildman–Crippen MR) is 54.7 cm³/mol. The number of fused-ring (bicyclic) bond motifs is 1. The Morgan fingerprint density at radius 1 is 1.56 bits per heavy atom. The number of hydrogen-bond acceptors (Lipinski definition) is 4. The van der Waals surface area contributed by atoms with Crippen molar-refractivity contribution < 1.29 is 14.8 Å². The number of carbonyl (C=O) groups is 1. The molecule has 1 aliphatic rings. The van der Waals surface area contributed by atoms with Gasteiger partial charge in [0.25, 0.3) is 5.69 Å². The summed E-state index contributed by atoms with van der Waals surface area (Å²) in [7, 11) is 0. The molecule has 1 amide bonds. The summed E-state index contributed by atoms with van der Waals surface area (Å²) in [6, 6.07) is 4.22. The van der Waals surface area contributed by atoms with E-state index < -0.39 is 22.9 Å². The molecule has 0 radical (unpaired) electrons. The van der Waals surface area contributed by atoms with Gasteiger partial charge in [-0.1, -0.05) is 6.07 Å². The highest BCUT2D eigenvalue weighted by Gasteiger charge is 2.36. The fraction of sp³-hybridized carbons (Fsp3) is 0.300. The van der Waals surface area contributed by atoms with Gasteiger partial charge in [0.05, 0.1) is 16.9 Å². The van der Waals surface area contributed by atoms with E-state index in [-0.39, 0.29) is 5.69 Å². The minimum absolute atomic E-state index is 0.0981. The molecule has 0 bridgehead atoms. The third kappa shape index (κ3) is 1.53. The Morgan fingerprint density at radius 2 is 2.25 bits per heavy atom. The molecule has 2 rings (SSSR count). The molecule has 16 heavy (non-hydrogen) atoms. The van der Waals surface area contributed by atoms with Crippen molar-refractivity contribution in [2.75, 3.05) is 0 Å². The molecule has 1 aromatic rings. The second-order valence-corrected chi connectivity index (χ2v) is 3.79. The van der Waals surface area contributed by atoms with Crippen LogP contribution in [-0.4, -0.2) is 22.0 Å². The molecule has 1 unspecified atom stereocenters. The molecule has 6 heteroatoms. The standard InChI is InChI=1S/C10H10N2O4/c11-10(14)9-7-4-6(12(15)16)2-1-5(7)3-8(9)13/h1-2,4,8-9,13H,3H2,(H2,11,14)/t8-,9?/m1/s1. The number of benzene rings is 1. The van der Waals surface area contributed by atoms with Crippen LogP contribution in [0.2, 0.25) is 0 Å². The van der Waals surface area contributed by atoms with Crippen LogP contribution in [0.4, 0.5) is 5.69 Å². The SMILES string of the molecule is NC(=O)C1c2cc([N+](=O)[O-])ccc2C[C@H]1O. The zero-order valence-corrected chi connectivity index (χ0v) is 8.29. The highest BCUT2D eigenvalue weighted by atomic mass is 16.6. The first kappa shape index (κ1) is 10.6. The van der Waals surface area contributed by atoms with E-state index >= 15 is 0 Å². The number of nitro groups is 1. The van der Waals surface area contributed by atoms with E-state index in [0.717, 1.165) is 5.56 Å². The highest BCUT2D eigenvalue weighted by molar-refractivity contribution is 5.84. The zero-order valence-electron chi connectivity index (χ0n) is 8.29. The van der Waals surface area contributed by atoms with Gasteiger partial charge < -0.3 is 10.8 Å². The van der Waals surface area contributed by atoms with Crippen LogP contribution in [-0.2, 0) is 11.2 Å². The molecule has 3 N–H and O–H groups in total. The largest absolute Gasteiger partial charge is 0.392 e. The summed E-state index contributed by atoms with van der Waals surface area (Å²) in [4.78, 5) is 21.2. The highest BCUT2D eigenvalue weighted by Crippen LogP contribution is 2.35. The molecule has 6 nitrogen and oxygen atoms in total. The summed E-state index contributed by atoms with van der Waals surface area (Å²) in [6.45, 7) is 0. The van der Waals surface area contributed by atoms with Crippen molar-refractivity contribution >= 4 is 11.6 Å². The van der Waals surface area contributed by atoms with Crippen LogP contribution in [0.1, 0.15) is 17.0 Å². The summed E-state index contributed by atoms with van der Waals surface area (Å²) in [6.07, 6.45) is -0.574. The molecule has 0 saturated carbocycles. The number of hydrogen-bond donors (Lipinski definition) is 2. The van der Waals surface area contributed by atoms with Gasteiger partial charge in [0, 0.05) is 12.1 Å². The van der Waals surface area contributed by atoms with Gasteiger partial charge in [0.15, 0.2) is 0 Å². The van der Waals surface area contributed by atoms with E-state index in [2.05, 4.69) is 0 Å². The second kappa shape index (κ2) is 3.57. The maximum absolute atomic E-state index is 11.1. The van der Waals surface area contributed by atoms with E-state index in [1.54, 1.807) is 6.07 Å². The van der Waals surface area contributed by atoms with Crippen molar-refractivity contribution in [1.29, 1.82) is 0 Å². The number of nitrogens with two attached hydrogens (primary N) is 1. The lowest BCUT2D eigenvalue weighted by atomic mass is 9.99. The van der Waals surface area contributed by atoms with E-state index in [4.69, 9.17) is 5.73 Å². The lowest BCUT2D eigenvalue weighted by Crippen LogP contribution is -2.28. The fourth-order valence-electron chi connectivity index (χ4n) is 2.06. The molecule has 0 spiro atoms. The van der Waals surface area contributed by atoms with Crippen LogP contribution in [0, 0.1) is 10.1 Å². The summed E-state index contributed by atoms with van der Waals surface area (Å²) in [5.41, 5.74) is 6.27. The molecular formula is C10H10N2O4. The van der Waals surface area contributed by atoms with Gasteiger partial charge in [-0.2, -0.15) is 0 Å². The molecule has 0 fully saturated rings. The van der Waals surface area contributed by atoms with Crippen LogP contribution >= 0.6 is 0 Å². The second-order valence-electron chi connectivity index (χ2n) is 3.79. The van der Waals surface area contributed by atoms with Crippen molar-refractivity contribution in [2.24, 2.45) is 5.73 Å². The third-order valence-electron chi connectivity index (χ3n) is 2.80. The number of carbonyl (C=O) groups excluding carboxylic acids is 1. The Labute approximate surface area is 90.8 Å².